The van der Waals surface area contributed by atoms with E-state index in [0.29, 0.717) is 48.1 Å². The number of nitrogens with one attached hydrogen (secondary N) is 1. The van der Waals surface area contributed by atoms with Crippen molar-refractivity contribution in [3.05, 3.63) is 23.1 Å². The molecule has 0 aromatic carbocycles. The highest BCUT2D eigenvalue weighted by molar-refractivity contribution is 5.81. The van der Waals surface area contributed by atoms with Gasteiger partial charge < -0.3 is 30.5 Å². The largest absolute Gasteiger partial charge is 0.387 e. The minimum Gasteiger partial charge on any atom is -0.387 e. The molecule has 0 unspecified atom stereocenters. The number of fused-ring (bicyclic) bond motifs is 1. The molecule has 1 aliphatic heterocycles. The van der Waals surface area contributed by atoms with E-state index in [1.165, 1.54) is 12.7 Å². The van der Waals surface area contributed by atoms with Crippen LogP contribution >= 0.6 is 0 Å². The highest BCUT2D eigenvalue weighted by atomic mass is 16.6. The number of aliphatic hydroxyl groups excluding tert-OH is 2. The number of anilines is 1. The number of aromatic nitrogens is 4. The predicted molar refractivity (Wildman–Crippen MR) is 114 cm³/mol. The number of quaternary nitrogens is 1. The summed E-state index contributed by atoms with van der Waals surface area (Å²) in [6.07, 6.45) is -0.0438. The summed E-state index contributed by atoms with van der Waals surface area (Å²) in [7, 11) is 3.94. The molecule has 2 aromatic rings. The molecule has 3 rings (SSSR count). The number of amides is 1. The van der Waals surface area contributed by atoms with Gasteiger partial charge in [0.15, 0.2) is 17.7 Å². The van der Waals surface area contributed by atoms with Gasteiger partial charge in [-0.1, -0.05) is 5.11 Å². The summed E-state index contributed by atoms with van der Waals surface area (Å²) >= 11 is 0. The average Bonchev–Trinajstić information content (AvgIpc) is 3.28. The Hall–Kier alpha value is -3.03. The number of hydrogen-bond donors (Lipinski definition) is 4. The van der Waals surface area contributed by atoms with E-state index >= 15 is 0 Å². The number of nitrogens with two attached hydrogens (primary N) is 1. The first-order valence-electron chi connectivity index (χ1n) is 10.3. The Bertz CT molecular complexity index is 989. The molecule has 1 amide bonds. The monoisotopic (exact) mass is 449 g/mol. The lowest BCUT2D eigenvalue weighted by molar-refractivity contribution is -0.893. The molecule has 4 atom stereocenters. The normalized spacial score (nSPS) is 23.2. The fourth-order valence-electron chi connectivity index (χ4n) is 3.79. The maximum absolute atomic E-state index is 11.9. The van der Waals surface area contributed by atoms with Crippen molar-refractivity contribution >= 4 is 22.9 Å². The van der Waals surface area contributed by atoms with Crippen molar-refractivity contribution in [2.45, 2.75) is 37.4 Å². The minimum atomic E-state index is -1.17. The van der Waals surface area contributed by atoms with E-state index in [2.05, 4.69) is 30.3 Å². The molecule has 0 spiro atoms. The van der Waals surface area contributed by atoms with Crippen LogP contribution in [0.4, 0.5) is 5.82 Å². The lowest BCUT2D eigenvalue weighted by Gasteiger charge is -2.33. The number of aliphatic hydroxyl groups is 2. The summed E-state index contributed by atoms with van der Waals surface area (Å²) in [5, 5.41) is 27.3. The summed E-state index contributed by atoms with van der Waals surface area (Å²) < 4.78 is 8.03. The number of hydrogen-bond acceptors (Lipinski definition) is 9. The average molecular weight is 449 g/mol. The maximum atomic E-state index is 11.9. The number of carbonyl (C=O) groups excluding carboxylic acids is 1. The van der Waals surface area contributed by atoms with Crippen LogP contribution in [0.5, 0.6) is 0 Å². The number of likely N-dealkylation sites (N-methyl/N-ethyl adjacent to an activating group) is 1. The third-order valence-electron chi connectivity index (χ3n) is 5.44. The number of carbonyl (C=O) groups is 1. The van der Waals surface area contributed by atoms with Gasteiger partial charge in [-0.05, 0) is 5.53 Å². The predicted octanol–water partition coefficient (Wildman–Crippen LogP) is -0.689. The van der Waals surface area contributed by atoms with E-state index in [1.807, 2.05) is 14.1 Å². The SMILES string of the molecule is C[N+](C)(CCCC(=O)NCCN=[N+]=[N-])C[C@H]1O[C@@H](n2cnc3c(N)ncnc32)[C@H](O)[C@@H]1O. The quantitative estimate of drug-likeness (QED) is 0.120. The van der Waals surface area contributed by atoms with Crippen molar-refractivity contribution in [3.63, 3.8) is 0 Å². The van der Waals surface area contributed by atoms with E-state index < -0.39 is 24.5 Å². The first kappa shape index (κ1) is 23.6. The van der Waals surface area contributed by atoms with Gasteiger partial charge >= 0.3 is 0 Å². The Morgan fingerprint density at radius 3 is 2.91 bits per heavy atom. The molecule has 0 aliphatic carbocycles. The second kappa shape index (κ2) is 10.1. The van der Waals surface area contributed by atoms with E-state index in [9.17, 15) is 15.0 Å². The highest BCUT2D eigenvalue weighted by Crippen LogP contribution is 2.32. The first-order valence-corrected chi connectivity index (χ1v) is 10.3. The molecule has 32 heavy (non-hydrogen) atoms. The van der Waals surface area contributed by atoms with E-state index in [4.69, 9.17) is 16.0 Å². The zero-order valence-corrected chi connectivity index (χ0v) is 18.1. The van der Waals surface area contributed by atoms with Gasteiger partial charge in [-0.25, -0.2) is 15.0 Å². The molecule has 1 saturated heterocycles. The van der Waals surface area contributed by atoms with Crippen LogP contribution in [0.25, 0.3) is 21.6 Å². The van der Waals surface area contributed by atoms with Crippen molar-refractivity contribution < 1.29 is 24.2 Å². The molecule has 3 heterocycles. The van der Waals surface area contributed by atoms with Crippen molar-refractivity contribution in [2.24, 2.45) is 5.11 Å². The smallest absolute Gasteiger partial charge is 0.220 e. The summed E-state index contributed by atoms with van der Waals surface area (Å²) in [4.78, 5) is 26.7. The Kier molecular flexibility index (Phi) is 7.43. The number of nitrogen functional groups attached to an aromatic ring is 1. The number of ether oxygens (including phenoxy) is 1. The molecule has 2 aromatic heterocycles. The van der Waals surface area contributed by atoms with Gasteiger partial charge in [0, 0.05) is 30.8 Å². The summed E-state index contributed by atoms with van der Waals surface area (Å²) in [6, 6.07) is 0. The van der Waals surface area contributed by atoms with Gasteiger partial charge in [-0.15, -0.1) is 0 Å². The second-order valence-corrected chi connectivity index (χ2v) is 8.38. The van der Waals surface area contributed by atoms with Crippen LogP contribution in [0.15, 0.2) is 17.8 Å². The molecular formula is C18H29N10O4+. The Morgan fingerprint density at radius 2 is 2.16 bits per heavy atom. The zero-order valence-electron chi connectivity index (χ0n) is 18.1. The number of azide groups is 1. The van der Waals surface area contributed by atoms with Crippen molar-refractivity contribution in [1.82, 2.24) is 24.8 Å². The minimum absolute atomic E-state index is 0.112. The lowest BCUT2D eigenvalue weighted by Crippen LogP contribution is -2.49. The summed E-state index contributed by atoms with van der Waals surface area (Å²) in [5.41, 5.74) is 14.9. The Labute approximate surface area is 184 Å². The van der Waals surface area contributed by atoms with Crippen LogP contribution in [0, 0.1) is 0 Å². The van der Waals surface area contributed by atoms with Crippen molar-refractivity contribution in [2.75, 3.05) is 46.0 Å². The number of imidazole rings is 1. The summed E-state index contributed by atoms with van der Waals surface area (Å²) in [6.45, 7) is 1.61. The van der Waals surface area contributed by atoms with Gasteiger partial charge in [0.25, 0.3) is 0 Å². The first-order chi connectivity index (χ1) is 15.2. The fraction of sp³-hybridized carbons (Fsp3) is 0.667. The molecule has 14 heteroatoms. The molecule has 14 nitrogen and oxygen atoms in total. The van der Waals surface area contributed by atoms with Gasteiger partial charge in [0.2, 0.25) is 5.91 Å². The molecule has 0 saturated carbocycles. The van der Waals surface area contributed by atoms with E-state index in [0.717, 1.165) is 0 Å². The molecule has 5 N–H and O–H groups in total. The van der Waals surface area contributed by atoms with Crippen LogP contribution in [0.2, 0.25) is 0 Å². The van der Waals surface area contributed by atoms with Crippen LogP contribution in [-0.2, 0) is 9.53 Å². The molecule has 0 radical (unpaired) electrons. The number of rotatable bonds is 10. The van der Waals surface area contributed by atoms with Crippen LogP contribution in [0.3, 0.4) is 0 Å². The van der Waals surface area contributed by atoms with Crippen LogP contribution in [0.1, 0.15) is 19.1 Å². The molecular weight excluding hydrogens is 420 g/mol. The van der Waals surface area contributed by atoms with Crippen molar-refractivity contribution in [3.8, 4) is 0 Å². The van der Waals surface area contributed by atoms with Gasteiger partial charge in [-0.3, -0.25) is 9.36 Å². The lowest BCUT2D eigenvalue weighted by atomic mass is 10.1. The third-order valence-corrected chi connectivity index (χ3v) is 5.44. The van der Waals surface area contributed by atoms with Gasteiger partial charge in [0.1, 0.15) is 36.7 Å². The molecule has 1 aliphatic rings. The molecule has 0 bridgehead atoms. The van der Waals surface area contributed by atoms with Gasteiger partial charge in [-0.2, -0.15) is 0 Å². The van der Waals surface area contributed by atoms with E-state index in [-0.39, 0.29) is 18.3 Å². The maximum Gasteiger partial charge on any atom is 0.220 e. The zero-order chi connectivity index (χ0) is 23.3. The molecule has 1 fully saturated rings. The fourth-order valence-corrected chi connectivity index (χ4v) is 3.79. The van der Waals surface area contributed by atoms with Crippen LogP contribution in [-0.4, -0.2) is 98.7 Å². The summed E-state index contributed by atoms with van der Waals surface area (Å²) in [5.74, 6) is 0.108. The van der Waals surface area contributed by atoms with E-state index in [1.54, 1.807) is 4.57 Å². The molecule has 174 valence electrons. The third kappa shape index (κ3) is 5.41. The Morgan fingerprint density at radius 1 is 1.38 bits per heavy atom. The van der Waals surface area contributed by atoms with Gasteiger partial charge in [0.05, 0.1) is 27.0 Å². The highest BCUT2D eigenvalue weighted by Gasteiger charge is 2.46. The van der Waals surface area contributed by atoms with Crippen molar-refractivity contribution in [1.29, 1.82) is 0 Å². The topological polar surface area (TPSA) is 197 Å². The Balaban J connectivity index is 1.55. The standard InChI is InChI=1S/C18H28N10O4/c1-28(2,7-3-4-12(29)21-5-6-25-26-20)8-11-14(30)15(31)18(32-11)27-10-24-13-16(19)22-9-23-17(13)27/h9-11,14-15,18,30-31H,3-8H2,1-2H3,(H2-,19,21,22,23,29)/p+1/t11-,14-,15-,18-/m1/s1. The van der Waals surface area contributed by atoms with Crippen LogP contribution < -0.4 is 11.1 Å². The number of nitrogens with zero attached hydrogens (tertiary/aromatic N) is 8. The second-order valence-electron chi connectivity index (χ2n) is 8.38.